The van der Waals surface area contributed by atoms with Crippen LogP contribution >= 0.6 is 0 Å². The van der Waals surface area contributed by atoms with Gasteiger partial charge in [-0.25, -0.2) is 0 Å². The smallest absolute Gasteiger partial charge is 0.243 e. The molecule has 3 atom stereocenters. The van der Waals surface area contributed by atoms with Crippen LogP contribution in [-0.2, 0) is 19.1 Å². The van der Waals surface area contributed by atoms with Crippen molar-refractivity contribution in [3.63, 3.8) is 0 Å². The Morgan fingerprint density at radius 3 is 1.96 bits per heavy atom. The van der Waals surface area contributed by atoms with Crippen molar-refractivity contribution >= 4 is 11.8 Å². The Balaban J connectivity index is 3.68. The maximum absolute atomic E-state index is 10.9. The minimum absolute atomic E-state index is 0.0416. The van der Waals surface area contributed by atoms with E-state index < -0.39 is 12.2 Å². The van der Waals surface area contributed by atoms with Gasteiger partial charge in [-0.3, -0.25) is 9.59 Å². The molecule has 0 heterocycles. The highest BCUT2D eigenvalue weighted by Crippen LogP contribution is 1.96. The van der Waals surface area contributed by atoms with Crippen LogP contribution in [0.15, 0.2) is 25.3 Å². The summed E-state index contributed by atoms with van der Waals surface area (Å²) in [5.41, 5.74) is 0. The second kappa shape index (κ2) is 12.8. The molecule has 0 aromatic carbocycles. The number of hydrogen-bond acceptors (Lipinski definition) is 6. The third-order valence-corrected chi connectivity index (χ3v) is 2.63. The van der Waals surface area contributed by atoms with E-state index in [9.17, 15) is 19.8 Å². The number of rotatable bonds is 13. The predicted molar refractivity (Wildman–Crippen MR) is 84.7 cm³/mol. The molecule has 0 fully saturated rings. The highest BCUT2D eigenvalue weighted by molar-refractivity contribution is 5.87. The molecule has 0 spiro atoms. The molecule has 4 N–H and O–H groups in total. The Bertz CT molecular complexity index is 388. The molecule has 8 heteroatoms. The molecule has 0 radical (unpaired) electrons. The van der Waals surface area contributed by atoms with Gasteiger partial charge >= 0.3 is 0 Å². The molecular weight excluding hydrogens is 304 g/mol. The Hall–Kier alpha value is -1.74. The third-order valence-electron chi connectivity index (χ3n) is 2.63. The van der Waals surface area contributed by atoms with Crippen LogP contribution in [0, 0.1) is 0 Å². The topological polar surface area (TPSA) is 117 Å². The van der Waals surface area contributed by atoms with E-state index in [1.807, 2.05) is 0 Å². The summed E-state index contributed by atoms with van der Waals surface area (Å²) >= 11 is 0. The Morgan fingerprint density at radius 2 is 1.48 bits per heavy atom. The van der Waals surface area contributed by atoms with Gasteiger partial charge in [0.25, 0.3) is 0 Å². The van der Waals surface area contributed by atoms with Crippen LogP contribution in [0.4, 0.5) is 0 Å². The number of carbonyl (C=O) groups is 2. The minimum Gasteiger partial charge on any atom is -0.389 e. The molecule has 0 aliphatic heterocycles. The fourth-order valence-electron chi connectivity index (χ4n) is 1.39. The first-order chi connectivity index (χ1) is 10.9. The lowest BCUT2D eigenvalue weighted by atomic mass is 10.3. The summed E-state index contributed by atoms with van der Waals surface area (Å²) < 4.78 is 10.6. The van der Waals surface area contributed by atoms with Crippen molar-refractivity contribution in [3.8, 4) is 0 Å². The summed E-state index contributed by atoms with van der Waals surface area (Å²) in [4.78, 5) is 21.8. The molecule has 0 saturated carbocycles. The summed E-state index contributed by atoms with van der Waals surface area (Å²) in [6.45, 7) is 8.79. The van der Waals surface area contributed by atoms with Gasteiger partial charge in [0.1, 0.15) is 0 Å². The maximum atomic E-state index is 10.9. The summed E-state index contributed by atoms with van der Waals surface area (Å²) in [5.74, 6) is -0.726. The molecular formula is C15H26N2O6. The molecule has 3 unspecified atom stereocenters. The van der Waals surface area contributed by atoms with Crippen LogP contribution < -0.4 is 10.6 Å². The SMILES string of the molecule is C=CC(=O)NCC(O)COCC(C)OCC(O)CNC(=O)C=C. The molecule has 23 heavy (non-hydrogen) atoms. The highest BCUT2D eigenvalue weighted by Gasteiger charge is 2.11. The Kier molecular flexibility index (Phi) is 11.8. The van der Waals surface area contributed by atoms with Crippen molar-refractivity contribution in [1.82, 2.24) is 10.6 Å². The molecule has 0 saturated heterocycles. The summed E-state index contributed by atoms with van der Waals surface area (Å²) in [6.07, 6.45) is 0.278. The van der Waals surface area contributed by atoms with E-state index in [-0.39, 0.29) is 50.8 Å². The lowest BCUT2D eigenvalue weighted by Gasteiger charge is -2.18. The molecule has 8 nitrogen and oxygen atoms in total. The van der Waals surface area contributed by atoms with Gasteiger partial charge < -0.3 is 30.3 Å². The van der Waals surface area contributed by atoms with Crippen molar-refractivity contribution in [2.24, 2.45) is 0 Å². The van der Waals surface area contributed by atoms with E-state index in [2.05, 4.69) is 23.8 Å². The van der Waals surface area contributed by atoms with Gasteiger partial charge in [0.15, 0.2) is 0 Å². The number of carbonyl (C=O) groups excluding carboxylic acids is 2. The van der Waals surface area contributed by atoms with Gasteiger partial charge in [0.05, 0.1) is 38.1 Å². The molecule has 0 rings (SSSR count). The zero-order valence-corrected chi connectivity index (χ0v) is 13.4. The van der Waals surface area contributed by atoms with Crippen LogP contribution in [0.3, 0.4) is 0 Å². The number of nitrogens with one attached hydrogen (secondary N) is 2. The molecule has 0 aromatic heterocycles. The normalized spacial score (nSPS) is 14.4. The average Bonchev–Trinajstić information content (AvgIpc) is 2.55. The second-order valence-corrected chi connectivity index (χ2v) is 4.89. The third kappa shape index (κ3) is 12.5. The van der Waals surface area contributed by atoms with Crippen molar-refractivity contribution in [1.29, 1.82) is 0 Å². The van der Waals surface area contributed by atoms with Gasteiger partial charge in [0, 0.05) is 13.1 Å². The Labute approximate surface area is 136 Å². The molecule has 0 aliphatic rings. The van der Waals surface area contributed by atoms with E-state index in [0.29, 0.717) is 0 Å². The van der Waals surface area contributed by atoms with Gasteiger partial charge in [-0.15, -0.1) is 0 Å². The summed E-state index contributed by atoms with van der Waals surface area (Å²) in [7, 11) is 0. The van der Waals surface area contributed by atoms with Crippen molar-refractivity contribution in [2.45, 2.75) is 25.2 Å². The monoisotopic (exact) mass is 330 g/mol. The van der Waals surface area contributed by atoms with Crippen LogP contribution in [0.2, 0.25) is 0 Å². The van der Waals surface area contributed by atoms with Gasteiger partial charge in [-0.05, 0) is 19.1 Å². The van der Waals surface area contributed by atoms with Crippen LogP contribution in [0.1, 0.15) is 6.92 Å². The van der Waals surface area contributed by atoms with Crippen LogP contribution in [0.25, 0.3) is 0 Å². The molecule has 2 amide bonds. The number of aliphatic hydroxyl groups excluding tert-OH is 2. The Morgan fingerprint density at radius 1 is 1.00 bits per heavy atom. The highest BCUT2D eigenvalue weighted by atomic mass is 16.5. The van der Waals surface area contributed by atoms with Gasteiger partial charge in [-0.2, -0.15) is 0 Å². The van der Waals surface area contributed by atoms with Gasteiger partial charge in [0.2, 0.25) is 11.8 Å². The van der Waals surface area contributed by atoms with E-state index >= 15 is 0 Å². The van der Waals surface area contributed by atoms with E-state index in [1.165, 1.54) is 0 Å². The first-order valence-corrected chi connectivity index (χ1v) is 7.25. The fraction of sp³-hybridized carbons (Fsp3) is 0.600. The standard InChI is InChI=1S/C15H26N2O6/c1-4-14(20)16-6-12(18)9-22-8-11(3)23-10-13(19)7-17-15(21)5-2/h4-5,11-13,18-19H,1-2,6-10H2,3H3,(H,16,20)(H,17,21). The fourth-order valence-corrected chi connectivity index (χ4v) is 1.39. The molecule has 132 valence electrons. The van der Waals surface area contributed by atoms with E-state index in [0.717, 1.165) is 12.2 Å². The summed E-state index contributed by atoms with van der Waals surface area (Å²) in [5, 5.41) is 24.1. The largest absolute Gasteiger partial charge is 0.389 e. The zero-order valence-electron chi connectivity index (χ0n) is 13.4. The minimum atomic E-state index is -0.832. The zero-order chi connectivity index (χ0) is 17.7. The maximum Gasteiger partial charge on any atom is 0.243 e. The summed E-state index contributed by atoms with van der Waals surface area (Å²) in [6, 6.07) is 0. The average molecular weight is 330 g/mol. The molecule has 0 bridgehead atoms. The predicted octanol–water partition coefficient (Wildman–Crippen LogP) is -1.27. The van der Waals surface area contributed by atoms with Crippen LogP contribution in [-0.4, -0.2) is 73.2 Å². The number of aliphatic hydroxyl groups is 2. The van der Waals surface area contributed by atoms with E-state index in [4.69, 9.17) is 9.47 Å². The van der Waals surface area contributed by atoms with Crippen molar-refractivity contribution in [2.75, 3.05) is 32.9 Å². The van der Waals surface area contributed by atoms with Crippen molar-refractivity contribution in [3.05, 3.63) is 25.3 Å². The molecule has 0 aromatic rings. The lowest BCUT2D eigenvalue weighted by molar-refractivity contribution is -0.118. The molecule has 0 aliphatic carbocycles. The van der Waals surface area contributed by atoms with E-state index in [1.54, 1.807) is 6.92 Å². The van der Waals surface area contributed by atoms with Crippen LogP contribution in [0.5, 0.6) is 0 Å². The second-order valence-electron chi connectivity index (χ2n) is 4.89. The first kappa shape index (κ1) is 21.3. The lowest BCUT2D eigenvalue weighted by Crippen LogP contribution is -2.36. The number of amides is 2. The number of ether oxygens (including phenoxy) is 2. The first-order valence-electron chi connectivity index (χ1n) is 7.25. The quantitative estimate of drug-likeness (QED) is 0.313. The number of hydrogen-bond donors (Lipinski definition) is 4. The van der Waals surface area contributed by atoms with Crippen molar-refractivity contribution < 1.29 is 29.3 Å². The van der Waals surface area contributed by atoms with Gasteiger partial charge in [-0.1, -0.05) is 13.2 Å².